The van der Waals surface area contributed by atoms with Gasteiger partial charge in [0.05, 0.1) is 6.20 Å². The van der Waals surface area contributed by atoms with E-state index >= 15 is 0 Å². The van der Waals surface area contributed by atoms with Gasteiger partial charge in [-0.3, -0.25) is 4.79 Å². The molecule has 0 unspecified atom stereocenters. The summed E-state index contributed by atoms with van der Waals surface area (Å²) in [6.45, 7) is 2.09. The van der Waals surface area contributed by atoms with Crippen LogP contribution in [0.1, 0.15) is 12.8 Å². The molecule has 1 aliphatic rings. The van der Waals surface area contributed by atoms with Gasteiger partial charge < -0.3 is 10.2 Å². The Labute approximate surface area is 98.2 Å². The molecule has 3 rings (SSSR count). The Morgan fingerprint density at radius 3 is 2.88 bits per heavy atom. The Morgan fingerprint density at radius 1 is 1.29 bits per heavy atom. The lowest BCUT2D eigenvalue weighted by Crippen LogP contribution is -2.20. The third kappa shape index (κ3) is 1.71. The van der Waals surface area contributed by atoms with Crippen molar-refractivity contribution in [2.24, 2.45) is 0 Å². The maximum atomic E-state index is 10.5. The van der Waals surface area contributed by atoms with E-state index in [1.54, 1.807) is 10.7 Å². The molecule has 1 saturated heterocycles. The lowest BCUT2D eigenvalue weighted by Gasteiger charge is -2.15. The highest BCUT2D eigenvalue weighted by molar-refractivity contribution is 5.70. The van der Waals surface area contributed by atoms with Gasteiger partial charge in [0.1, 0.15) is 5.82 Å². The molecule has 6 heteroatoms. The van der Waals surface area contributed by atoms with Crippen molar-refractivity contribution >= 4 is 23.7 Å². The summed E-state index contributed by atoms with van der Waals surface area (Å²) in [5, 5.41) is 7.08. The smallest absolute Gasteiger partial charge is 0.212 e. The van der Waals surface area contributed by atoms with E-state index in [1.165, 1.54) is 12.8 Å². The normalized spacial score (nSPS) is 15.4. The van der Waals surface area contributed by atoms with Gasteiger partial charge in [0.2, 0.25) is 6.41 Å². The fraction of sp³-hybridized carbons (Fsp3) is 0.364. The van der Waals surface area contributed by atoms with Crippen LogP contribution in [-0.2, 0) is 4.79 Å². The van der Waals surface area contributed by atoms with Crippen LogP contribution in [0, 0.1) is 0 Å². The molecule has 3 heterocycles. The van der Waals surface area contributed by atoms with Crippen LogP contribution in [0.15, 0.2) is 18.3 Å². The molecular weight excluding hydrogens is 218 g/mol. The average Bonchev–Trinajstić information content (AvgIpc) is 2.98. The molecule has 0 aliphatic carbocycles. The van der Waals surface area contributed by atoms with Gasteiger partial charge in [0.15, 0.2) is 11.5 Å². The fourth-order valence-electron chi connectivity index (χ4n) is 2.14. The SMILES string of the molecule is O=CNc1cnc2ccc(N3CCCC3)nn12. The van der Waals surface area contributed by atoms with Crippen molar-refractivity contribution < 1.29 is 4.79 Å². The highest BCUT2D eigenvalue weighted by atomic mass is 16.1. The maximum absolute atomic E-state index is 10.5. The van der Waals surface area contributed by atoms with Crippen LogP contribution in [0.3, 0.4) is 0 Å². The van der Waals surface area contributed by atoms with Gasteiger partial charge in [-0.1, -0.05) is 0 Å². The van der Waals surface area contributed by atoms with E-state index < -0.39 is 0 Å². The molecule has 0 aromatic carbocycles. The van der Waals surface area contributed by atoms with E-state index in [0.717, 1.165) is 24.6 Å². The van der Waals surface area contributed by atoms with Crippen LogP contribution in [0.5, 0.6) is 0 Å². The molecule has 0 bridgehead atoms. The van der Waals surface area contributed by atoms with Gasteiger partial charge in [-0.05, 0) is 25.0 Å². The van der Waals surface area contributed by atoms with Gasteiger partial charge in [-0.2, -0.15) is 4.52 Å². The zero-order valence-corrected chi connectivity index (χ0v) is 9.33. The number of fused-ring (bicyclic) bond motifs is 1. The third-order valence-corrected chi connectivity index (χ3v) is 2.99. The van der Waals surface area contributed by atoms with Crippen molar-refractivity contribution in [3.8, 4) is 0 Å². The quantitative estimate of drug-likeness (QED) is 0.797. The van der Waals surface area contributed by atoms with Crippen molar-refractivity contribution in [1.29, 1.82) is 0 Å². The van der Waals surface area contributed by atoms with Crippen LogP contribution in [0.4, 0.5) is 11.6 Å². The predicted molar refractivity (Wildman–Crippen MR) is 64.1 cm³/mol. The van der Waals surface area contributed by atoms with E-state index in [-0.39, 0.29) is 0 Å². The molecule has 17 heavy (non-hydrogen) atoms. The first-order valence-corrected chi connectivity index (χ1v) is 5.68. The van der Waals surface area contributed by atoms with E-state index in [2.05, 4.69) is 20.3 Å². The number of aromatic nitrogens is 3. The number of carbonyl (C=O) groups is 1. The Morgan fingerprint density at radius 2 is 2.12 bits per heavy atom. The molecule has 1 amide bonds. The first kappa shape index (κ1) is 10.1. The van der Waals surface area contributed by atoms with Crippen molar-refractivity contribution in [2.75, 3.05) is 23.3 Å². The second-order valence-electron chi connectivity index (χ2n) is 4.06. The largest absolute Gasteiger partial charge is 0.355 e. The Kier molecular flexibility index (Phi) is 2.40. The molecule has 0 spiro atoms. The predicted octanol–water partition coefficient (Wildman–Crippen LogP) is 0.898. The highest BCUT2D eigenvalue weighted by Crippen LogP contribution is 2.19. The Balaban J connectivity index is 2.03. The van der Waals surface area contributed by atoms with Crippen LogP contribution in [0.2, 0.25) is 0 Å². The van der Waals surface area contributed by atoms with Crippen molar-refractivity contribution in [3.63, 3.8) is 0 Å². The monoisotopic (exact) mass is 231 g/mol. The number of carbonyl (C=O) groups excluding carboxylic acids is 1. The van der Waals surface area contributed by atoms with E-state index in [1.807, 2.05) is 12.1 Å². The molecule has 2 aromatic rings. The second-order valence-corrected chi connectivity index (χ2v) is 4.06. The summed E-state index contributed by atoms with van der Waals surface area (Å²) in [5.41, 5.74) is 0.734. The first-order valence-electron chi connectivity index (χ1n) is 5.68. The molecular formula is C11H13N5O. The molecule has 1 aliphatic heterocycles. The lowest BCUT2D eigenvalue weighted by atomic mass is 10.4. The highest BCUT2D eigenvalue weighted by Gasteiger charge is 2.14. The molecule has 0 saturated carbocycles. The molecule has 0 radical (unpaired) electrons. The standard InChI is InChI=1S/C11H13N5O/c17-8-13-11-7-12-9-3-4-10(14-16(9)11)15-5-1-2-6-15/h3-4,7-8H,1-2,5-6H2,(H,13,17). The maximum Gasteiger partial charge on any atom is 0.212 e. The molecule has 2 aromatic heterocycles. The van der Waals surface area contributed by atoms with Gasteiger partial charge in [0, 0.05) is 13.1 Å². The minimum Gasteiger partial charge on any atom is -0.355 e. The number of nitrogens with one attached hydrogen (secondary N) is 1. The summed E-state index contributed by atoms with van der Waals surface area (Å²) in [4.78, 5) is 16.9. The summed E-state index contributed by atoms with van der Waals surface area (Å²) in [6, 6.07) is 3.88. The zero-order valence-electron chi connectivity index (χ0n) is 9.33. The number of nitrogens with zero attached hydrogens (tertiary/aromatic N) is 4. The van der Waals surface area contributed by atoms with Gasteiger partial charge in [-0.15, -0.1) is 5.10 Å². The summed E-state index contributed by atoms with van der Waals surface area (Å²) in [5.74, 6) is 1.53. The lowest BCUT2D eigenvalue weighted by molar-refractivity contribution is -0.105. The minimum atomic E-state index is 0.594. The van der Waals surface area contributed by atoms with E-state index in [4.69, 9.17) is 0 Å². The average molecular weight is 231 g/mol. The Bertz CT molecular complexity index is 544. The number of anilines is 2. The topological polar surface area (TPSA) is 62.5 Å². The van der Waals surface area contributed by atoms with Crippen molar-refractivity contribution in [3.05, 3.63) is 18.3 Å². The number of hydrogen-bond donors (Lipinski definition) is 1. The number of rotatable bonds is 3. The Hall–Kier alpha value is -2.11. The number of amides is 1. The summed E-state index contributed by atoms with van der Waals surface area (Å²) in [6.07, 6.45) is 4.66. The molecule has 6 nitrogen and oxygen atoms in total. The number of imidazole rings is 1. The molecule has 0 atom stereocenters. The van der Waals surface area contributed by atoms with Crippen LogP contribution < -0.4 is 10.2 Å². The zero-order chi connectivity index (χ0) is 11.7. The van der Waals surface area contributed by atoms with Gasteiger partial charge in [0.25, 0.3) is 0 Å². The molecule has 1 N–H and O–H groups in total. The molecule has 88 valence electrons. The second kappa shape index (κ2) is 4.04. The van der Waals surface area contributed by atoms with Crippen LogP contribution >= 0.6 is 0 Å². The summed E-state index contributed by atoms with van der Waals surface area (Å²) >= 11 is 0. The van der Waals surface area contributed by atoms with E-state index in [0.29, 0.717) is 12.2 Å². The number of hydrogen-bond acceptors (Lipinski definition) is 4. The first-order chi connectivity index (χ1) is 8.38. The van der Waals surface area contributed by atoms with Crippen molar-refractivity contribution in [2.45, 2.75) is 12.8 Å². The van der Waals surface area contributed by atoms with Crippen molar-refractivity contribution in [1.82, 2.24) is 14.6 Å². The van der Waals surface area contributed by atoms with Gasteiger partial charge >= 0.3 is 0 Å². The fourth-order valence-corrected chi connectivity index (χ4v) is 2.14. The van der Waals surface area contributed by atoms with Crippen LogP contribution in [-0.4, -0.2) is 34.1 Å². The summed E-state index contributed by atoms with van der Waals surface area (Å²) in [7, 11) is 0. The van der Waals surface area contributed by atoms with Crippen LogP contribution in [0.25, 0.3) is 5.65 Å². The van der Waals surface area contributed by atoms with E-state index in [9.17, 15) is 4.79 Å². The minimum absolute atomic E-state index is 0.594. The molecule has 1 fully saturated rings. The summed E-state index contributed by atoms with van der Waals surface area (Å²) < 4.78 is 1.65. The van der Waals surface area contributed by atoms with Gasteiger partial charge in [-0.25, -0.2) is 4.98 Å². The third-order valence-electron chi connectivity index (χ3n) is 2.99.